The predicted octanol–water partition coefficient (Wildman–Crippen LogP) is 3.71. The molecule has 2 aliphatic rings. The second-order valence-corrected chi connectivity index (χ2v) is 6.34. The van der Waals surface area contributed by atoms with Gasteiger partial charge in [-0.25, -0.2) is 0 Å². The highest BCUT2D eigenvalue weighted by molar-refractivity contribution is 7.99. The number of hydrogen-bond acceptors (Lipinski definition) is 3. The minimum absolute atomic E-state index is 0.115. The maximum atomic E-state index is 6.00. The van der Waals surface area contributed by atoms with Gasteiger partial charge in [0.2, 0.25) is 0 Å². The molecular formula is C13H25BO2S. The zero-order valence-corrected chi connectivity index (χ0v) is 12.8. The molecule has 1 saturated heterocycles. The highest BCUT2D eigenvalue weighted by Crippen LogP contribution is 2.39. The van der Waals surface area contributed by atoms with Gasteiger partial charge in [0.05, 0.1) is 11.2 Å². The summed E-state index contributed by atoms with van der Waals surface area (Å²) in [5.41, 5.74) is 0.916. The summed E-state index contributed by atoms with van der Waals surface area (Å²) < 4.78 is 12.0. The summed E-state index contributed by atoms with van der Waals surface area (Å²) in [7, 11) is -0.115. The van der Waals surface area contributed by atoms with Crippen LogP contribution in [0.2, 0.25) is 0 Å². The molecule has 0 spiro atoms. The molecule has 2 nitrogen and oxygen atoms in total. The smallest absolute Gasteiger partial charge is 0.400 e. The first-order valence-corrected chi connectivity index (χ1v) is 7.70. The van der Waals surface area contributed by atoms with Crippen molar-refractivity contribution in [3.8, 4) is 0 Å². The minimum Gasteiger partial charge on any atom is -0.400 e. The Kier molecular flexibility index (Phi) is 5.17. The maximum absolute atomic E-state index is 6.00. The van der Waals surface area contributed by atoms with Crippen LogP contribution in [0.15, 0.2) is 11.5 Å². The van der Waals surface area contributed by atoms with E-state index in [4.69, 9.17) is 9.31 Å². The SMILES string of the molecule is CC.CC1(C)OB(C2=CCSCC2)OC1(C)C. The van der Waals surface area contributed by atoms with E-state index in [0.717, 1.165) is 12.2 Å². The van der Waals surface area contributed by atoms with Crippen LogP contribution in [0, 0.1) is 0 Å². The predicted molar refractivity (Wildman–Crippen MR) is 77.5 cm³/mol. The standard InChI is InChI=1S/C11H19BO2S.C2H6/c1-10(2)11(3,4)14-12(13-10)9-5-7-15-8-6-9;1-2/h5H,6-8H2,1-4H3;1-2H3. The zero-order chi connectivity index (χ0) is 13.1. The van der Waals surface area contributed by atoms with Crippen LogP contribution in [0.1, 0.15) is 48.0 Å². The molecule has 1 fully saturated rings. The summed E-state index contributed by atoms with van der Waals surface area (Å²) in [6.45, 7) is 12.4. The molecule has 2 heterocycles. The summed E-state index contributed by atoms with van der Waals surface area (Å²) in [6, 6.07) is 0. The summed E-state index contributed by atoms with van der Waals surface area (Å²) >= 11 is 1.97. The van der Waals surface area contributed by atoms with Crippen LogP contribution in [0.5, 0.6) is 0 Å². The van der Waals surface area contributed by atoms with Crippen LogP contribution in [-0.4, -0.2) is 29.8 Å². The highest BCUT2D eigenvalue weighted by atomic mass is 32.2. The molecule has 17 heavy (non-hydrogen) atoms. The van der Waals surface area contributed by atoms with E-state index in [0.29, 0.717) is 0 Å². The molecule has 98 valence electrons. The molecule has 0 saturated carbocycles. The lowest BCUT2D eigenvalue weighted by molar-refractivity contribution is 0.00578. The van der Waals surface area contributed by atoms with Crippen molar-refractivity contribution in [1.29, 1.82) is 0 Å². The third kappa shape index (κ3) is 3.30. The third-order valence-electron chi connectivity index (χ3n) is 3.55. The molecule has 0 radical (unpaired) electrons. The van der Waals surface area contributed by atoms with Crippen molar-refractivity contribution in [3.05, 3.63) is 11.5 Å². The molecular weight excluding hydrogens is 231 g/mol. The van der Waals surface area contributed by atoms with Gasteiger partial charge in [0.25, 0.3) is 0 Å². The Morgan fingerprint density at radius 3 is 2.06 bits per heavy atom. The molecule has 0 aromatic carbocycles. The van der Waals surface area contributed by atoms with Gasteiger partial charge in [-0.15, -0.1) is 0 Å². The molecule has 0 atom stereocenters. The van der Waals surface area contributed by atoms with Crippen LogP contribution in [0.3, 0.4) is 0 Å². The lowest BCUT2D eigenvalue weighted by Crippen LogP contribution is -2.41. The van der Waals surface area contributed by atoms with Crippen LogP contribution in [-0.2, 0) is 9.31 Å². The Bertz CT molecular complexity index is 271. The lowest BCUT2D eigenvalue weighted by Gasteiger charge is -2.32. The van der Waals surface area contributed by atoms with E-state index in [1.807, 2.05) is 25.6 Å². The average Bonchev–Trinajstić information content (AvgIpc) is 2.52. The van der Waals surface area contributed by atoms with Crippen molar-refractivity contribution in [2.75, 3.05) is 11.5 Å². The Labute approximate surface area is 111 Å². The van der Waals surface area contributed by atoms with Gasteiger partial charge in [-0.05, 0) is 45.3 Å². The van der Waals surface area contributed by atoms with E-state index in [2.05, 4.69) is 33.8 Å². The molecule has 0 aliphatic carbocycles. The van der Waals surface area contributed by atoms with Crippen LogP contribution in [0.25, 0.3) is 0 Å². The largest absolute Gasteiger partial charge is 0.490 e. The summed E-state index contributed by atoms with van der Waals surface area (Å²) in [6.07, 6.45) is 3.36. The number of hydrogen-bond donors (Lipinski definition) is 0. The van der Waals surface area contributed by atoms with Crippen molar-refractivity contribution in [3.63, 3.8) is 0 Å². The Morgan fingerprint density at radius 1 is 1.12 bits per heavy atom. The normalized spacial score (nSPS) is 26.0. The topological polar surface area (TPSA) is 18.5 Å². The van der Waals surface area contributed by atoms with E-state index in [1.54, 1.807) is 0 Å². The first-order chi connectivity index (χ1) is 7.92. The first-order valence-electron chi connectivity index (χ1n) is 6.55. The highest BCUT2D eigenvalue weighted by Gasteiger charge is 2.52. The van der Waals surface area contributed by atoms with Gasteiger partial charge in [0.1, 0.15) is 0 Å². The Balaban J connectivity index is 0.000000686. The Morgan fingerprint density at radius 2 is 1.65 bits per heavy atom. The average molecular weight is 256 g/mol. The van der Waals surface area contributed by atoms with Gasteiger partial charge < -0.3 is 9.31 Å². The van der Waals surface area contributed by atoms with Crippen molar-refractivity contribution in [1.82, 2.24) is 0 Å². The van der Waals surface area contributed by atoms with E-state index in [1.165, 1.54) is 11.2 Å². The molecule has 0 aromatic heterocycles. The van der Waals surface area contributed by atoms with Crippen molar-refractivity contribution in [2.45, 2.75) is 59.2 Å². The maximum Gasteiger partial charge on any atom is 0.490 e. The molecule has 2 aliphatic heterocycles. The monoisotopic (exact) mass is 256 g/mol. The van der Waals surface area contributed by atoms with Gasteiger partial charge in [0, 0.05) is 5.75 Å². The Hall–Kier alpha value is 0.0749. The van der Waals surface area contributed by atoms with Gasteiger partial charge in [0.15, 0.2) is 0 Å². The summed E-state index contributed by atoms with van der Waals surface area (Å²) in [5.74, 6) is 2.29. The molecule has 0 bridgehead atoms. The molecule has 2 rings (SSSR count). The second-order valence-electron chi connectivity index (χ2n) is 5.19. The van der Waals surface area contributed by atoms with Crippen LogP contribution < -0.4 is 0 Å². The van der Waals surface area contributed by atoms with Crippen LogP contribution in [0.4, 0.5) is 0 Å². The van der Waals surface area contributed by atoms with Crippen molar-refractivity contribution >= 4 is 18.9 Å². The molecule has 0 N–H and O–H groups in total. The van der Waals surface area contributed by atoms with Gasteiger partial charge >= 0.3 is 7.12 Å². The van der Waals surface area contributed by atoms with Gasteiger partial charge in [-0.2, -0.15) is 11.8 Å². The zero-order valence-electron chi connectivity index (χ0n) is 12.0. The second kappa shape index (κ2) is 5.81. The fourth-order valence-corrected chi connectivity index (χ4v) is 2.63. The van der Waals surface area contributed by atoms with E-state index in [-0.39, 0.29) is 18.3 Å². The molecule has 0 unspecified atom stereocenters. The summed E-state index contributed by atoms with van der Waals surface area (Å²) in [4.78, 5) is 0. The van der Waals surface area contributed by atoms with E-state index in [9.17, 15) is 0 Å². The van der Waals surface area contributed by atoms with Gasteiger partial charge in [-0.1, -0.05) is 19.9 Å². The lowest BCUT2D eigenvalue weighted by atomic mass is 9.76. The van der Waals surface area contributed by atoms with Crippen molar-refractivity contribution < 1.29 is 9.31 Å². The van der Waals surface area contributed by atoms with Crippen LogP contribution >= 0.6 is 11.8 Å². The minimum atomic E-state index is -0.205. The summed E-state index contributed by atoms with van der Waals surface area (Å²) in [5, 5.41) is 0. The third-order valence-corrected chi connectivity index (χ3v) is 4.45. The van der Waals surface area contributed by atoms with Crippen molar-refractivity contribution in [2.24, 2.45) is 0 Å². The molecule has 4 heteroatoms. The number of thioether (sulfide) groups is 1. The number of rotatable bonds is 1. The quantitative estimate of drug-likeness (QED) is 0.666. The van der Waals surface area contributed by atoms with E-state index < -0.39 is 0 Å². The fraction of sp³-hybridized carbons (Fsp3) is 0.846. The molecule has 0 aromatic rings. The first kappa shape index (κ1) is 15.1. The van der Waals surface area contributed by atoms with Gasteiger partial charge in [-0.3, -0.25) is 0 Å². The fourth-order valence-electron chi connectivity index (χ4n) is 1.75. The molecule has 0 amide bonds. The van der Waals surface area contributed by atoms with E-state index >= 15 is 0 Å². The number of allylic oxidation sites excluding steroid dienone is 1.